The molecule has 326 valence electrons. The van der Waals surface area contributed by atoms with Crippen LogP contribution in [0.25, 0.3) is 0 Å². The third-order valence-electron chi connectivity index (χ3n) is 9.16. The minimum atomic E-state index is -4.38. The van der Waals surface area contributed by atoms with E-state index in [4.69, 9.17) is 14.8 Å². The Kier molecular flexibility index (Phi) is 41.1. The highest BCUT2D eigenvalue weighted by atomic mass is 31.2. The second-order valence-corrected chi connectivity index (χ2v) is 16.0. The normalized spacial score (nSPS) is 15.0. The van der Waals surface area contributed by atoms with E-state index in [9.17, 15) is 19.4 Å². The zero-order chi connectivity index (χ0) is 41.8. The fourth-order valence-electron chi connectivity index (χ4n) is 5.82. The maximum absolute atomic E-state index is 12.7. The van der Waals surface area contributed by atoms with Crippen molar-refractivity contribution < 1.29 is 28.4 Å². The summed E-state index contributed by atoms with van der Waals surface area (Å²) in [4.78, 5) is 22.7. The number of aliphatic hydroxyl groups excluding tert-OH is 1. The van der Waals surface area contributed by atoms with Crippen molar-refractivity contribution in [3.05, 3.63) is 97.2 Å². The third-order valence-corrected chi connectivity index (χ3v) is 10.1. The number of aliphatic hydroxyl groups is 1. The number of unbranched alkanes of at least 4 members (excludes halogenated alkanes) is 14. The number of rotatable bonds is 40. The molecule has 0 rings (SSSR count). The summed E-state index contributed by atoms with van der Waals surface area (Å²) in [5.41, 5.74) is 5.37. The van der Waals surface area contributed by atoms with Crippen LogP contribution in [0, 0.1) is 0 Å². The molecule has 0 aliphatic heterocycles. The van der Waals surface area contributed by atoms with Gasteiger partial charge in [0.2, 0.25) is 5.91 Å². The Balaban J connectivity index is 4.40. The van der Waals surface area contributed by atoms with Crippen LogP contribution < -0.4 is 11.1 Å². The van der Waals surface area contributed by atoms with E-state index in [1.807, 2.05) is 18.2 Å². The number of carbonyl (C=O) groups excluding carboxylic acids is 1. The molecular weight excluding hydrogens is 732 g/mol. The zero-order valence-electron chi connectivity index (χ0n) is 36.0. The molecule has 0 saturated heterocycles. The van der Waals surface area contributed by atoms with E-state index >= 15 is 0 Å². The average Bonchev–Trinajstić information content (AvgIpc) is 3.20. The molecule has 57 heavy (non-hydrogen) atoms. The van der Waals surface area contributed by atoms with Crippen molar-refractivity contribution in [1.29, 1.82) is 0 Å². The molecule has 0 aromatic carbocycles. The second kappa shape index (κ2) is 43.0. The van der Waals surface area contributed by atoms with Crippen LogP contribution in [-0.2, 0) is 18.4 Å². The fraction of sp³-hybridized carbons (Fsp3) is 0.646. The van der Waals surface area contributed by atoms with E-state index in [1.54, 1.807) is 6.08 Å². The minimum Gasteiger partial charge on any atom is -0.387 e. The SMILES string of the molecule is CC/C=C\C/C=C\C/C=C\C/C=C\C/C=C\C/C=C\CCC(=O)NC(COP(=O)(O)OCCN)C(O)/C=C/CC/C=C/CCCCCCCCCCCCCCC. The summed E-state index contributed by atoms with van der Waals surface area (Å²) in [6.07, 6.45) is 59.1. The quantitative estimate of drug-likeness (QED) is 0.0275. The summed E-state index contributed by atoms with van der Waals surface area (Å²) in [7, 11) is -4.38. The highest BCUT2D eigenvalue weighted by Gasteiger charge is 2.26. The lowest BCUT2D eigenvalue weighted by atomic mass is 10.0. The van der Waals surface area contributed by atoms with E-state index in [2.05, 4.69) is 92.1 Å². The van der Waals surface area contributed by atoms with Gasteiger partial charge in [0.1, 0.15) is 0 Å². The summed E-state index contributed by atoms with van der Waals surface area (Å²) in [6, 6.07) is -0.924. The molecule has 0 radical (unpaired) electrons. The topological polar surface area (TPSA) is 131 Å². The van der Waals surface area contributed by atoms with Gasteiger partial charge in [-0.2, -0.15) is 0 Å². The number of phosphoric acid groups is 1. The van der Waals surface area contributed by atoms with E-state index in [0.29, 0.717) is 6.42 Å². The number of nitrogens with two attached hydrogens (primary N) is 1. The first-order valence-corrected chi connectivity index (χ1v) is 23.9. The third kappa shape index (κ3) is 41.4. The van der Waals surface area contributed by atoms with Crippen LogP contribution in [0.3, 0.4) is 0 Å². The first-order valence-electron chi connectivity index (χ1n) is 22.4. The van der Waals surface area contributed by atoms with Gasteiger partial charge in [-0.05, 0) is 70.6 Å². The Hall–Kier alpha value is -2.58. The van der Waals surface area contributed by atoms with E-state index in [-0.39, 0.29) is 25.5 Å². The van der Waals surface area contributed by atoms with Crippen molar-refractivity contribution in [2.75, 3.05) is 19.8 Å². The Morgan fingerprint density at radius 2 is 1.04 bits per heavy atom. The van der Waals surface area contributed by atoms with Crippen molar-refractivity contribution in [3.63, 3.8) is 0 Å². The van der Waals surface area contributed by atoms with Crippen molar-refractivity contribution in [3.8, 4) is 0 Å². The smallest absolute Gasteiger partial charge is 0.387 e. The molecule has 0 aromatic rings. The Morgan fingerprint density at radius 3 is 1.54 bits per heavy atom. The van der Waals surface area contributed by atoms with Crippen molar-refractivity contribution >= 4 is 13.7 Å². The van der Waals surface area contributed by atoms with Gasteiger partial charge in [0, 0.05) is 13.0 Å². The van der Waals surface area contributed by atoms with Gasteiger partial charge in [-0.15, -0.1) is 0 Å². The van der Waals surface area contributed by atoms with Crippen LogP contribution in [0.15, 0.2) is 97.2 Å². The van der Waals surface area contributed by atoms with E-state index < -0.39 is 26.6 Å². The van der Waals surface area contributed by atoms with Gasteiger partial charge in [0.15, 0.2) is 0 Å². The maximum Gasteiger partial charge on any atom is 0.472 e. The molecule has 3 unspecified atom stereocenters. The number of carbonyl (C=O) groups is 1. The molecule has 0 heterocycles. The van der Waals surface area contributed by atoms with Gasteiger partial charge in [0.05, 0.1) is 25.4 Å². The van der Waals surface area contributed by atoms with Crippen LogP contribution in [0.4, 0.5) is 0 Å². The monoisotopic (exact) mass is 815 g/mol. The van der Waals surface area contributed by atoms with Crippen molar-refractivity contribution in [2.24, 2.45) is 5.73 Å². The lowest BCUT2D eigenvalue weighted by Crippen LogP contribution is -2.45. The van der Waals surface area contributed by atoms with E-state index in [0.717, 1.165) is 57.8 Å². The molecule has 0 aromatic heterocycles. The molecule has 0 saturated carbocycles. The fourth-order valence-corrected chi connectivity index (χ4v) is 6.58. The standard InChI is InChI=1S/C48H83N2O6P/c1-3-5-7-9-11-13-15-17-19-21-23-25-27-29-31-33-35-37-39-41-47(51)46(45-56-57(53,54)55-44-43-49)50-48(52)42-40-38-36-34-32-30-28-26-24-22-20-18-16-14-12-10-8-6-4-2/h6,8,12,14,18,20,24,26,30-33,36,38-39,41,46-47,51H,3-5,7,9-11,13,15-17,19,21-23,25,27-29,34-35,37,40,42-45,49H2,1-2H3,(H,50,52)(H,53,54)/b8-6-,14-12-,20-18-,26-24-,32-30-,33-31+,38-36-,41-39+. The van der Waals surface area contributed by atoms with Crippen LogP contribution in [-0.4, -0.2) is 47.8 Å². The van der Waals surface area contributed by atoms with Gasteiger partial charge >= 0.3 is 7.82 Å². The first-order chi connectivity index (χ1) is 27.9. The Labute approximate surface area is 349 Å². The van der Waals surface area contributed by atoms with Crippen LogP contribution in [0.1, 0.15) is 168 Å². The predicted octanol–water partition coefficient (Wildman–Crippen LogP) is 12.8. The largest absolute Gasteiger partial charge is 0.472 e. The van der Waals surface area contributed by atoms with Crippen LogP contribution in [0.2, 0.25) is 0 Å². The Morgan fingerprint density at radius 1 is 0.596 bits per heavy atom. The molecule has 0 fully saturated rings. The summed E-state index contributed by atoms with van der Waals surface area (Å²) < 4.78 is 22.1. The number of nitrogens with one attached hydrogen (secondary N) is 1. The predicted molar refractivity (Wildman–Crippen MR) is 244 cm³/mol. The van der Waals surface area contributed by atoms with Gasteiger partial charge in [-0.3, -0.25) is 13.8 Å². The summed E-state index contributed by atoms with van der Waals surface area (Å²) >= 11 is 0. The van der Waals surface area contributed by atoms with Gasteiger partial charge in [-0.25, -0.2) is 4.57 Å². The number of amides is 1. The molecule has 0 spiro atoms. The number of phosphoric ester groups is 1. The van der Waals surface area contributed by atoms with Crippen LogP contribution >= 0.6 is 7.82 Å². The molecule has 9 heteroatoms. The number of hydrogen-bond acceptors (Lipinski definition) is 6. The maximum atomic E-state index is 12.7. The highest BCUT2D eigenvalue weighted by molar-refractivity contribution is 7.47. The lowest BCUT2D eigenvalue weighted by molar-refractivity contribution is -0.122. The first kappa shape index (κ1) is 54.4. The highest BCUT2D eigenvalue weighted by Crippen LogP contribution is 2.43. The molecule has 0 bridgehead atoms. The summed E-state index contributed by atoms with van der Waals surface area (Å²) in [6.45, 7) is 3.93. The Bertz CT molecular complexity index is 1210. The molecular formula is C48H83N2O6P. The second-order valence-electron chi connectivity index (χ2n) is 14.5. The lowest BCUT2D eigenvalue weighted by Gasteiger charge is -2.23. The summed E-state index contributed by atoms with van der Waals surface area (Å²) in [5.74, 6) is -0.290. The van der Waals surface area contributed by atoms with Gasteiger partial charge in [0.25, 0.3) is 0 Å². The minimum absolute atomic E-state index is 0.0574. The number of allylic oxidation sites excluding steroid dienone is 15. The van der Waals surface area contributed by atoms with Crippen molar-refractivity contribution in [1.82, 2.24) is 5.32 Å². The molecule has 0 aliphatic carbocycles. The van der Waals surface area contributed by atoms with Gasteiger partial charge in [-0.1, -0.05) is 188 Å². The van der Waals surface area contributed by atoms with Gasteiger partial charge < -0.3 is 21.1 Å². The summed E-state index contributed by atoms with van der Waals surface area (Å²) in [5, 5.41) is 13.6. The average molecular weight is 815 g/mol. The molecule has 5 N–H and O–H groups in total. The number of hydrogen-bond donors (Lipinski definition) is 4. The molecule has 0 aliphatic rings. The van der Waals surface area contributed by atoms with E-state index in [1.165, 1.54) is 83.5 Å². The molecule has 1 amide bonds. The zero-order valence-corrected chi connectivity index (χ0v) is 36.9. The molecule has 3 atom stereocenters. The van der Waals surface area contributed by atoms with Crippen molar-refractivity contribution in [2.45, 2.75) is 180 Å². The van der Waals surface area contributed by atoms with Crippen LogP contribution in [0.5, 0.6) is 0 Å². The molecule has 8 nitrogen and oxygen atoms in total.